The second kappa shape index (κ2) is 8.02. The molecule has 0 heterocycles. The molecule has 0 amide bonds. The summed E-state index contributed by atoms with van der Waals surface area (Å²) in [6, 6.07) is 0. The van der Waals surface area contributed by atoms with Crippen molar-refractivity contribution in [1.29, 1.82) is 0 Å². The quantitative estimate of drug-likeness (QED) is 0.505. The molecule has 3 heteroatoms. The van der Waals surface area contributed by atoms with E-state index < -0.39 is 8.56 Å². The van der Waals surface area contributed by atoms with Crippen molar-refractivity contribution >= 4 is 8.56 Å². The molecular weight excluding hydrogens is 324 g/mol. The van der Waals surface area contributed by atoms with Gasteiger partial charge in [0.05, 0.1) is 0 Å². The molecule has 0 bridgehead atoms. The van der Waals surface area contributed by atoms with Gasteiger partial charge in [-0.05, 0) is 50.4 Å². The summed E-state index contributed by atoms with van der Waals surface area (Å²) in [7, 11) is -2.09. The average Bonchev–Trinajstić information content (AvgIpc) is 2.85. The summed E-state index contributed by atoms with van der Waals surface area (Å²) in [5.41, 5.74) is 1.62. The zero-order valence-corrected chi connectivity index (χ0v) is 17.7. The molecule has 0 aliphatic heterocycles. The van der Waals surface area contributed by atoms with Gasteiger partial charge in [-0.2, -0.15) is 0 Å². The van der Waals surface area contributed by atoms with Gasteiger partial charge >= 0.3 is 8.56 Å². The van der Waals surface area contributed by atoms with Gasteiger partial charge in [-0.15, -0.1) is 0 Å². The number of hydrogen-bond acceptors (Lipinski definition) is 2. The van der Waals surface area contributed by atoms with Crippen LogP contribution in [0, 0.1) is 23.7 Å². The van der Waals surface area contributed by atoms with Gasteiger partial charge in [0, 0.05) is 24.3 Å². The van der Waals surface area contributed by atoms with Gasteiger partial charge in [0.25, 0.3) is 0 Å². The summed E-state index contributed by atoms with van der Waals surface area (Å²) >= 11 is 0. The first-order valence-electron chi connectivity index (χ1n) is 11.6. The minimum absolute atomic E-state index is 0.810. The fourth-order valence-corrected chi connectivity index (χ4v) is 12.9. The molecule has 6 atom stereocenters. The molecule has 0 radical (unpaired) electrons. The van der Waals surface area contributed by atoms with Gasteiger partial charge < -0.3 is 8.85 Å². The Morgan fingerprint density at radius 1 is 0.640 bits per heavy atom. The largest absolute Gasteiger partial charge is 0.394 e. The maximum absolute atomic E-state index is 6.77. The molecule has 144 valence electrons. The van der Waals surface area contributed by atoms with Gasteiger partial charge in [-0.25, -0.2) is 0 Å². The van der Waals surface area contributed by atoms with Crippen molar-refractivity contribution in [3.8, 4) is 0 Å². The molecular formula is C22H40O2Si. The van der Waals surface area contributed by atoms with E-state index >= 15 is 0 Å². The van der Waals surface area contributed by atoms with E-state index in [1.165, 1.54) is 77.0 Å². The maximum atomic E-state index is 6.77. The van der Waals surface area contributed by atoms with E-state index in [2.05, 4.69) is 13.8 Å². The molecule has 0 N–H and O–H groups in total. The highest BCUT2D eigenvalue weighted by molar-refractivity contribution is 6.71. The van der Waals surface area contributed by atoms with E-state index in [-0.39, 0.29) is 0 Å². The molecule has 4 fully saturated rings. The second-order valence-corrected chi connectivity index (χ2v) is 12.9. The lowest BCUT2D eigenvalue weighted by atomic mass is 9.69. The Hall–Kier alpha value is 0.137. The highest BCUT2D eigenvalue weighted by atomic mass is 28.4. The third kappa shape index (κ3) is 3.27. The number of rotatable bonds is 6. The van der Waals surface area contributed by atoms with Crippen molar-refractivity contribution in [2.24, 2.45) is 23.7 Å². The SMILES string of the molecule is CCO[Si](OCC)(C1CC2CCCCCC21)C1CC2CCCCCC21. The minimum atomic E-state index is -2.09. The molecule has 4 aliphatic carbocycles. The fourth-order valence-electron chi connectivity index (χ4n) is 7.20. The predicted octanol–water partition coefficient (Wildman–Crippen LogP) is 6.44. The van der Waals surface area contributed by atoms with Crippen LogP contribution in [0.4, 0.5) is 0 Å². The van der Waals surface area contributed by atoms with Crippen LogP contribution in [0.1, 0.15) is 90.9 Å². The normalized spacial score (nSPS) is 41.5. The zero-order chi connectivity index (χ0) is 17.3. The number of hydrogen-bond donors (Lipinski definition) is 0. The topological polar surface area (TPSA) is 18.5 Å². The Labute approximate surface area is 156 Å². The minimum Gasteiger partial charge on any atom is -0.394 e. The highest BCUT2D eigenvalue weighted by Crippen LogP contribution is 2.65. The van der Waals surface area contributed by atoms with E-state index in [1.54, 1.807) is 0 Å². The molecule has 4 rings (SSSR count). The van der Waals surface area contributed by atoms with Crippen molar-refractivity contribution in [1.82, 2.24) is 0 Å². The van der Waals surface area contributed by atoms with Crippen LogP contribution in [0.25, 0.3) is 0 Å². The smallest absolute Gasteiger partial charge is 0.345 e. The van der Waals surface area contributed by atoms with Gasteiger partial charge in [-0.1, -0.05) is 64.2 Å². The van der Waals surface area contributed by atoms with E-state index in [0.29, 0.717) is 0 Å². The molecule has 2 nitrogen and oxygen atoms in total. The van der Waals surface area contributed by atoms with Crippen molar-refractivity contribution in [2.45, 2.75) is 102 Å². The first kappa shape index (κ1) is 18.5. The summed E-state index contributed by atoms with van der Waals surface area (Å²) in [5.74, 6) is 3.89. The Morgan fingerprint density at radius 2 is 1.08 bits per heavy atom. The summed E-state index contributed by atoms with van der Waals surface area (Å²) in [4.78, 5) is 0. The fraction of sp³-hybridized carbons (Fsp3) is 1.00. The zero-order valence-electron chi connectivity index (χ0n) is 16.7. The van der Waals surface area contributed by atoms with Gasteiger partial charge in [-0.3, -0.25) is 0 Å². The van der Waals surface area contributed by atoms with Gasteiger partial charge in [0.15, 0.2) is 0 Å². The van der Waals surface area contributed by atoms with Crippen LogP contribution in [0.2, 0.25) is 11.1 Å². The van der Waals surface area contributed by atoms with Gasteiger partial charge in [0.1, 0.15) is 0 Å². The monoisotopic (exact) mass is 364 g/mol. The Bertz CT molecular complexity index is 400. The lowest BCUT2D eigenvalue weighted by Gasteiger charge is -2.59. The molecule has 0 aromatic carbocycles. The van der Waals surface area contributed by atoms with Crippen LogP contribution in [0.3, 0.4) is 0 Å². The molecule has 25 heavy (non-hydrogen) atoms. The molecule has 0 spiro atoms. The number of fused-ring (bicyclic) bond motifs is 2. The predicted molar refractivity (Wildman–Crippen MR) is 106 cm³/mol. The third-order valence-corrected chi connectivity index (χ3v) is 13.2. The Morgan fingerprint density at radius 3 is 1.52 bits per heavy atom. The second-order valence-electron chi connectivity index (χ2n) is 9.40. The highest BCUT2D eigenvalue weighted by Gasteiger charge is 2.65. The van der Waals surface area contributed by atoms with E-state index in [0.717, 1.165) is 48.0 Å². The standard InChI is InChI=1S/C22H40O2Si/c1-3-23-25(24-4-2,21-15-17-11-7-5-9-13-19(17)21)22-16-18-12-8-6-10-14-20(18)22/h17-22H,3-16H2,1-2H3. The first-order chi connectivity index (χ1) is 12.3. The first-order valence-corrected chi connectivity index (χ1v) is 13.5. The van der Waals surface area contributed by atoms with E-state index in [4.69, 9.17) is 8.85 Å². The van der Waals surface area contributed by atoms with Crippen molar-refractivity contribution in [3.05, 3.63) is 0 Å². The maximum Gasteiger partial charge on any atom is 0.345 e. The van der Waals surface area contributed by atoms with Crippen LogP contribution >= 0.6 is 0 Å². The van der Waals surface area contributed by atoms with Crippen LogP contribution in [-0.2, 0) is 8.85 Å². The lowest BCUT2D eigenvalue weighted by Crippen LogP contribution is -2.63. The van der Waals surface area contributed by atoms with Gasteiger partial charge in [0.2, 0.25) is 0 Å². The van der Waals surface area contributed by atoms with Crippen LogP contribution in [0.5, 0.6) is 0 Å². The van der Waals surface area contributed by atoms with Crippen molar-refractivity contribution in [2.75, 3.05) is 13.2 Å². The molecule has 4 saturated carbocycles. The van der Waals surface area contributed by atoms with Crippen LogP contribution in [-0.4, -0.2) is 21.8 Å². The summed E-state index contributed by atoms with van der Waals surface area (Å²) in [6.45, 7) is 6.17. The third-order valence-electron chi connectivity index (χ3n) is 8.36. The summed E-state index contributed by atoms with van der Waals surface area (Å²) in [5, 5.41) is 0. The van der Waals surface area contributed by atoms with Crippen molar-refractivity contribution in [3.63, 3.8) is 0 Å². The Balaban J connectivity index is 1.56. The van der Waals surface area contributed by atoms with E-state index in [1.807, 2.05) is 0 Å². The summed E-state index contributed by atoms with van der Waals surface area (Å²) in [6.07, 6.45) is 17.6. The Kier molecular flexibility index (Phi) is 5.93. The lowest BCUT2D eigenvalue weighted by molar-refractivity contribution is 0.0440. The average molecular weight is 365 g/mol. The molecule has 0 aromatic rings. The van der Waals surface area contributed by atoms with E-state index in [9.17, 15) is 0 Å². The molecule has 6 unspecified atom stereocenters. The molecule has 0 saturated heterocycles. The van der Waals surface area contributed by atoms with Crippen molar-refractivity contribution < 1.29 is 8.85 Å². The van der Waals surface area contributed by atoms with Crippen LogP contribution < -0.4 is 0 Å². The van der Waals surface area contributed by atoms with Crippen LogP contribution in [0.15, 0.2) is 0 Å². The molecule has 4 aliphatic rings. The summed E-state index contributed by atoms with van der Waals surface area (Å²) < 4.78 is 13.5. The molecule has 0 aromatic heterocycles.